The molecule has 0 bridgehead atoms. The SMILES string of the molecule is [N-]=[N+]=NC[C@H]1O[C@H](O)[C@H](O)[C@@H](O)[C@@H]1O[C@H]1O[C@H](CO)[C@@H](O[C@H]2O[C@H](CO)[C@@H](O)[C@H](O)[C@H]2O)[C@H](O)[C@H]1O. The lowest BCUT2D eigenvalue weighted by Crippen LogP contribution is -2.66. The Morgan fingerprint density at radius 1 is 0.611 bits per heavy atom. The lowest BCUT2D eigenvalue weighted by molar-refractivity contribution is -0.376. The molecular formula is C18H31N3O15. The lowest BCUT2D eigenvalue weighted by atomic mass is 9.96. The third-order valence-corrected chi connectivity index (χ3v) is 6.24. The number of rotatable bonds is 8. The van der Waals surface area contributed by atoms with Crippen LogP contribution in [0.1, 0.15) is 0 Å². The second-order valence-electron chi connectivity index (χ2n) is 8.57. The molecule has 3 heterocycles. The quantitative estimate of drug-likeness (QED) is 0.0794. The molecule has 0 saturated carbocycles. The molecule has 3 rings (SSSR count). The fraction of sp³-hybridized carbons (Fsp3) is 1.00. The van der Waals surface area contributed by atoms with Gasteiger partial charge in [0.25, 0.3) is 0 Å². The van der Waals surface area contributed by atoms with E-state index in [1.165, 1.54) is 0 Å². The van der Waals surface area contributed by atoms with Crippen molar-refractivity contribution in [2.75, 3.05) is 19.8 Å². The van der Waals surface area contributed by atoms with E-state index in [0.717, 1.165) is 0 Å². The van der Waals surface area contributed by atoms with E-state index in [4.69, 9.17) is 29.2 Å². The fourth-order valence-electron chi connectivity index (χ4n) is 4.17. The van der Waals surface area contributed by atoms with Gasteiger partial charge in [0.1, 0.15) is 67.1 Å². The van der Waals surface area contributed by atoms with Gasteiger partial charge in [0.15, 0.2) is 18.9 Å². The standard InChI is InChI=1S/C18H31N3O15/c19-21-20-1-4-14(9(26)11(28)16(31)32-4)35-18-13(30)10(27)15(6(3-23)34-18)36-17-12(29)8(25)7(24)5(2-22)33-17/h4-18,22-31H,1-3H2/t4-,5-,6-,7-,8+,9-,10-,11-,12-,13-,14-,15-,16+,17-,18-/m1/s1. The predicted molar refractivity (Wildman–Crippen MR) is 108 cm³/mol. The number of hydrogen-bond donors (Lipinski definition) is 10. The van der Waals surface area contributed by atoms with Crippen molar-refractivity contribution in [2.24, 2.45) is 5.11 Å². The molecule has 3 aliphatic heterocycles. The molecule has 0 aromatic carbocycles. The summed E-state index contributed by atoms with van der Waals surface area (Å²) in [4.78, 5) is 2.54. The van der Waals surface area contributed by atoms with Gasteiger partial charge in [-0.1, -0.05) is 5.11 Å². The molecule has 3 saturated heterocycles. The molecule has 18 heteroatoms. The second-order valence-corrected chi connectivity index (χ2v) is 8.57. The topological polar surface area (TPSA) is 297 Å². The fourth-order valence-corrected chi connectivity index (χ4v) is 4.17. The first kappa shape index (κ1) is 29.3. The number of hydrogen-bond acceptors (Lipinski definition) is 16. The minimum Gasteiger partial charge on any atom is -0.394 e. The Balaban J connectivity index is 1.74. The molecule has 0 aromatic rings. The van der Waals surface area contributed by atoms with Gasteiger partial charge < -0.3 is 74.7 Å². The van der Waals surface area contributed by atoms with Crippen molar-refractivity contribution in [3.05, 3.63) is 10.4 Å². The Hall–Kier alpha value is -1.29. The first-order valence-corrected chi connectivity index (χ1v) is 11.0. The van der Waals surface area contributed by atoms with E-state index in [0.29, 0.717) is 0 Å². The monoisotopic (exact) mass is 529 g/mol. The summed E-state index contributed by atoms with van der Waals surface area (Å²) in [5.41, 5.74) is 8.55. The Morgan fingerprint density at radius 2 is 1.11 bits per heavy atom. The average Bonchev–Trinajstić information content (AvgIpc) is 2.87. The minimum absolute atomic E-state index is 0.459. The molecule has 3 fully saturated rings. The van der Waals surface area contributed by atoms with Crippen LogP contribution in [-0.2, 0) is 23.7 Å². The smallest absolute Gasteiger partial charge is 0.187 e. The third kappa shape index (κ3) is 5.89. The zero-order valence-electron chi connectivity index (χ0n) is 18.6. The van der Waals surface area contributed by atoms with Crippen LogP contribution in [0.15, 0.2) is 5.11 Å². The normalized spacial score (nSPS) is 49.9. The predicted octanol–water partition coefficient (Wildman–Crippen LogP) is -6.25. The van der Waals surface area contributed by atoms with Crippen LogP contribution in [0.3, 0.4) is 0 Å². The summed E-state index contributed by atoms with van der Waals surface area (Å²) in [6.07, 6.45) is -25.3. The highest BCUT2D eigenvalue weighted by Crippen LogP contribution is 2.32. The van der Waals surface area contributed by atoms with E-state index in [1.807, 2.05) is 0 Å². The van der Waals surface area contributed by atoms with Crippen LogP contribution in [-0.4, -0.2) is 163 Å². The van der Waals surface area contributed by atoms with Gasteiger partial charge in [-0.15, -0.1) is 0 Å². The second kappa shape index (κ2) is 12.5. The van der Waals surface area contributed by atoms with Crippen LogP contribution in [0.5, 0.6) is 0 Å². The number of aliphatic hydroxyl groups is 10. The van der Waals surface area contributed by atoms with E-state index in [2.05, 4.69) is 10.0 Å². The van der Waals surface area contributed by atoms with Gasteiger partial charge in [0, 0.05) is 4.91 Å². The molecule has 0 amide bonds. The summed E-state index contributed by atoms with van der Waals surface area (Å²) >= 11 is 0. The van der Waals surface area contributed by atoms with Crippen LogP contribution in [0.25, 0.3) is 10.4 Å². The number of azide groups is 1. The van der Waals surface area contributed by atoms with Gasteiger partial charge in [-0.3, -0.25) is 0 Å². The van der Waals surface area contributed by atoms with Crippen LogP contribution < -0.4 is 0 Å². The van der Waals surface area contributed by atoms with Crippen molar-refractivity contribution < 1.29 is 74.7 Å². The molecular weight excluding hydrogens is 498 g/mol. The zero-order chi connectivity index (χ0) is 26.7. The van der Waals surface area contributed by atoms with Crippen LogP contribution >= 0.6 is 0 Å². The molecule has 0 aromatic heterocycles. The highest BCUT2D eigenvalue weighted by atomic mass is 16.8. The summed E-state index contributed by atoms with van der Waals surface area (Å²) in [5.74, 6) is 0. The zero-order valence-corrected chi connectivity index (χ0v) is 18.6. The van der Waals surface area contributed by atoms with Crippen molar-refractivity contribution in [1.29, 1.82) is 0 Å². The first-order valence-electron chi connectivity index (χ1n) is 11.0. The van der Waals surface area contributed by atoms with E-state index < -0.39 is 112 Å². The van der Waals surface area contributed by atoms with Gasteiger partial charge in [0.05, 0.1) is 25.9 Å². The maximum atomic E-state index is 10.7. The van der Waals surface area contributed by atoms with Crippen molar-refractivity contribution in [3.8, 4) is 0 Å². The van der Waals surface area contributed by atoms with Crippen molar-refractivity contribution in [1.82, 2.24) is 0 Å². The Morgan fingerprint density at radius 3 is 1.67 bits per heavy atom. The average molecular weight is 529 g/mol. The molecule has 15 atom stereocenters. The third-order valence-electron chi connectivity index (χ3n) is 6.24. The highest BCUT2D eigenvalue weighted by Gasteiger charge is 2.53. The summed E-state index contributed by atoms with van der Waals surface area (Å²) in [6, 6.07) is 0. The van der Waals surface area contributed by atoms with Crippen molar-refractivity contribution in [2.45, 2.75) is 92.1 Å². The summed E-state index contributed by atoms with van der Waals surface area (Å²) in [7, 11) is 0. The summed E-state index contributed by atoms with van der Waals surface area (Å²) < 4.78 is 26.7. The van der Waals surface area contributed by atoms with Gasteiger partial charge in [0.2, 0.25) is 0 Å². The van der Waals surface area contributed by atoms with Gasteiger partial charge in [-0.2, -0.15) is 0 Å². The van der Waals surface area contributed by atoms with Gasteiger partial charge in [-0.05, 0) is 5.53 Å². The summed E-state index contributed by atoms with van der Waals surface area (Å²) in [6.45, 7) is -2.04. The van der Waals surface area contributed by atoms with E-state index in [-0.39, 0.29) is 0 Å². The molecule has 208 valence electrons. The first-order chi connectivity index (χ1) is 17.0. The maximum absolute atomic E-state index is 10.7. The molecule has 18 nitrogen and oxygen atoms in total. The maximum Gasteiger partial charge on any atom is 0.187 e. The molecule has 3 aliphatic rings. The molecule has 36 heavy (non-hydrogen) atoms. The van der Waals surface area contributed by atoms with Gasteiger partial charge >= 0.3 is 0 Å². The van der Waals surface area contributed by atoms with Crippen LogP contribution in [0.2, 0.25) is 0 Å². The number of ether oxygens (including phenoxy) is 5. The highest BCUT2D eigenvalue weighted by molar-refractivity contribution is 4.96. The molecule has 0 radical (unpaired) electrons. The molecule has 0 spiro atoms. The van der Waals surface area contributed by atoms with E-state index in [1.54, 1.807) is 0 Å². The Kier molecular flexibility index (Phi) is 10.2. The summed E-state index contributed by atoms with van der Waals surface area (Å²) in [5, 5.41) is 104. The van der Waals surface area contributed by atoms with Crippen molar-refractivity contribution in [3.63, 3.8) is 0 Å². The molecule has 0 aliphatic carbocycles. The van der Waals surface area contributed by atoms with Gasteiger partial charge in [-0.25, -0.2) is 0 Å². The van der Waals surface area contributed by atoms with Crippen molar-refractivity contribution >= 4 is 0 Å². The Labute approximate surface area is 203 Å². The molecule has 0 unspecified atom stereocenters. The number of nitrogens with zero attached hydrogens (tertiary/aromatic N) is 3. The van der Waals surface area contributed by atoms with E-state index >= 15 is 0 Å². The van der Waals surface area contributed by atoms with Crippen LogP contribution in [0.4, 0.5) is 0 Å². The molecule has 10 N–H and O–H groups in total. The minimum atomic E-state index is -1.93. The largest absolute Gasteiger partial charge is 0.394 e. The lowest BCUT2D eigenvalue weighted by Gasteiger charge is -2.47. The number of aliphatic hydroxyl groups excluding tert-OH is 10. The van der Waals surface area contributed by atoms with E-state index in [9.17, 15) is 51.1 Å². The van der Waals surface area contributed by atoms with Crippen LogP contribution in [0, 0.1) is 0 Å². The Bertz CT molecular complexity index is 757.